The molecule has 29 heavy (non-hydrogen) atoms. The SMILES string of the molecule is COc1ccc([C@H]2Nn3c(C)nnc3S[C@H]2C(=O)Nc2ccc(C)cc2C)cc1. The summed E-state index contributed by atoms with van der Waals surface area (Å²) in [4.78, 5) is 13.3. The van der Waals surface area contributed by atoms with Crippen molar-refractivity contribution in [1.29, 1.82) is 0 Å². The molecular weight excluding hydrogens is 386 g/mol. The van der Waals surface area contributed by atoms with Gasteiger partial charge in [-0.1, -0.05) is 41.6 Å². The fourth-order valence-corrected chi connectivity index (χ4v) is 4.50. The van der Waals surface area contributed by atoms with Gasteiger partial charge >= 0.3 is 0 Å². The van der Waals surface area contributed by atoms with Crippen LogP contribution in [0.3, 0.4) is 0 Å². The van der Waals surface area contributed by atoms with E-state index < -0.39 is 5.25 Å². The fraction of sp³-hybridized carbons (Fsp3) is 0.286. The number of hydrogen-bond acceptors (Lipinski definition) is 6. The number of benzene rings is 2. The van der Waals surface area contributed by atoms with Crippen molar-refractivity contribution < 1.29 is 9.53 Å². The highest BCUT2D eigenvalue weighted by atomic mass is 32.2. The highest BCUT2D eigenvalue weighted by molar-refractivity contribution is 8.00. The number of ether oxygens (including phenoxy) is 1. The van der Waals surface area contributed by atoms with Crippen molar-refractivity contribution in [2.24, 2.45) is 0 Å². The first-order valence-electron chi connectivity index (χ1n) is 9.33. The number of carbonyl (C=O) groups is 1. The van der Waals surface area contributed by atoms with Gasteiger partial charge in [0.1, 0.15) is 16.8 Å². The Morgan fingerprint density at radius 1 is 1.14 bits per heavy atom. The Labute approximate surface area is 173 Å². The van der Waals surface area contributed by atoms with Crippen LogP contribution in [0.2, 0.25) is 0 Å². The summed E-state index contributed by atoms with van der Waals surface area (Å²) in [7, 11) is 1.64. The van der Waals surface area contributed by atoms with Crippen LogP contribution >= 0.6 is 11.8 Å². The van der Waals surface area contributed by atoms with Crippen LogP contribution in [-0.2, 0) is 4.79 Å². The van der Waals surface area contributed by atoms with Crippen LogP contribution < -0.4 is 15.5 Å². The maximum atomic E-state index is 13.3. The van der Waals surface area contributed by atoms with Crippen LogP contribution in [0.25, 0.3) is 0 Å². The van der Waals surface area contributed by atoms with Crippen molar-refractivity contribution in [3.05, 3.63) is 65.0 Å². The third-order valence-corrected chi connectivity index (χ3v) is 6.19. The number of rotatable bonds is 4. The number of thioether (sulfide) groups is 1. The number of aryl methyl sites for hydroxylation is 3. The summed E-state index contributed by atoms with van der Waals surface area (Å²) >= 11 is 1.41. The van der Waals surface area contributed by atoms with E-state index in [2.05, 4.69) is 27.0 Å². The summed E-state index contributed by atoms with van der Waals surface area (Å²) in [5.41, 5.74) is 7.41. The lowest BCUT2D eigenvalue weighted by molar-refractivity contribution is -0.116. The third kappa shape index (κ3) is 3.80. The van der Waals surface area contributed by atoms with Gasteiger partial charge in [-0.05, 0) is 50.1 Å². The first-order chi connectivity index (χ1) is 14.0. The van der Waals surface area contributed by atoms with Crippen LogP contribution in [-0.4, -0.2) is 33.1 Å². The van der Waals surface area contributed by atoms with Gasteiger partial charge in [-0.15, -0.1) is 10.2 Å². The van der Waals surface area contributed by atoms with Gasteiger partial charge in [0.25, 0.3) is 0 Å². The molecule has 1 aliphatic rings. The lowest BCUT2D eigenvalue weighted by Crippen LogP contribution is -2.41. The number of methoxy groups -OCH3 is 1. The Hall–Kier alpha value is -3.00. The minimum atomic E-state index is -0.416. The molecule has 1 aromatic heterocycles. The lowest BCUT2D eigenvalue weighted by atomic mass is 10.0. The minimum absolute atomic E-state index is 0.0813. The average Bonchev–Trinajstić information content (AvgIpc) is 3.09. The van der Waals surface area contributed by atoms with Gasteiger partial charge in [0.2, 0.25) is 11.1 Å². The van der Waals surface area contributed by atoms with Gasteiger partial charge in [0.15, 0.2) is 0 Å². The monoisotopic (exact) mass is 409 g/mol. The molecule has 0 fully saturated rings. The molecule has 3 aromatic rings. The molecule has 7 nitrogen and oxygen atoms in total. The second kappa shape index (κ2) is 7.79. The quantitative estimate of drug-likeness (QED) is 0.685. The maximum Gasteiger partial charge on any atom is 0.240 e. The first-order valence-corrected chi connectivity index (χ1v) is 10.2. The molecule has 0 saturated carbocycles. The molecular formula is C21H23N5O2S. The Balaban J connectivity index is 1.66. The van der Waals surface area contributed by atoms with Crippen LogP contribution in [0.5, 0.6) is 5.75 Å². The zero-order valence-electron chi connectivity index (χ0n) is 16.8. The van der Waals surface area contributed by atoms with Crippen molar-refractivity contribution >= 4 is 23.4 Å². The summed E-state index contributed by atoms with van der Waals surface area (Å²) in [5, 5.41) is 11.7. The molecule has 0 bridgehead atoms. The molecule has 150 valence electrons. The van der Waals surface area contributed by atoms with E-state index in [1.54, 1.807) is 7.11 Å². The molecule has 0 saturated heterocycles. The predicted octanol–water partition coefficient (Wildman–Crippen LogP) is 3.61. The molecule has 0 radical (unpaired) electrons. The molecule has 4 rings (SSSR count). The van der Waals surface area contributed by atoms with Crippen LogP contribution in [0.1, 0.15) is 28.6 Å². The largest absolute Gasteiger partial charge is 0.497 e. The van der Waals surface area contributed by atoms with E-state index >= 15 is 0 Å². The van der Waals surface area contributed by atoms with Gasteiger partial charge in [-0.3, -0.25) is 4.79 Å². The molecule has 2 N–H and O–H groups in total. The third-order valence-electron chi connectivity index (χ3n) is 4.97. The predicted molar refractivity (Wildman–Crippen MR) is 114 cm³/mol. The second-order valence-corrected chi connectivity index (χ2v) is 8.20. The van der Waals surface area contributed by atoms with Crippen molar-refractivity contribution in [1.82, 2.24) is 14.9 Å². The number of aromatic nitrogens is 3. The Bertz CT molecular complexity index is 1050. The van der Waals surface area contributed by atoms with Gasteiger partial charge in [-0.25, -0.2) is 4.68 Å². The summed E-state index contributed by atoms with van der Waals surface area (Å²) in [6.07, 6.45) is 0. The van der Waals surface area contributed by atoms with E-state index in [9.17, 15) is 4.79 Å². The zero-order chi connectivity index (χ0) is 20.5. The number of fused-ring (bicyclic) bond motifs is 1. The number of anilines is 1. The van der Waals surface area contributed by atoms with Crippen molar-refractivity contribution in [3.63, 3.8) is 0 Å². The van der Waals surface area contributed by atoms with Crippen molar-refractivity contribution in [3.8, 4) is 5.75 Å². The Kier molecular flexibility index (Phi) is 5.19. The van der Waals surface area contributed by atoms with Gasteiger partial charge in [-0.2, -0.15) is 0 Å². The molecule has 1 aliphatic heterocycles. The van der Waals surface area contributed by atoms with Crippen molar-refractivity contribution in [2.45, 2.75) is 37.2 Å². The van der Waals surface area contributed by atoms with Crippen LogP contribution in [0.4, 0.5) is 5.69 Å². The Morgan fingerprint density at radius 3 is 2.59 bits per heavy atom. The van der Waals surface area contributed by atoms with E-state index in [1.165, 1.54) is 11.8 Å². The average molecular weight is 410 g/mol. The summed E-state index contributed by atoms with van der Waals surface area (Å²) in [6, 6.07) is 13.5. The molecule has 0 spiro atoms. The molecule has 2 atom stereocenters. The molecule has 0 aliphatic carbocycles. The normalized spacial score (nSPS) is 17.9. The van der Waals surface area contributed by atoms with Crippen LogP contribution in [0, 0.1) is 20.8 Å². The van der Waals surface area contributed by atoms with Gasteiger partial charge in [0, 0.05) is 5.69 Å². The summed E-state index contributed by atoms with van der Waals surface area (Å²) < 4.78 is 7.10. The molecule has 0 unspecified atom stereocenters. The number of hydrogen-bond donors (Lipinski definition) is 2. The molecule has 8 heteroatoms. The second-order valence-electron chi connectivity index (χ2n) is 7.09. The molecule has 1 amide bonds. The number of carbonyl (C=O) groups excluding carboxylic acids is 1. The summed E-state index contributed by atoms with van der Waals surface area (Å²) in [5.74, 6) is 1.44. The fourth-order valence-electron chi connectivity index (χ4n) is 3.38. The van der Waals surface area contributed by atoms with E-state index in [0.29, 0.717) is 5.16 Å². The van der Waals surface area contributed by atoms with E-state index in [-0.39, 0.29) is 11.9 Å². The zero-order valence-corrected chi connectivity index (χ0v) is 17.6. The maximum absolute atomic E-state index is 13.3. The molecule has 2 heterocycles. The van der Waals surface area contributed by atoms with E-state index in [1.807, 2.05) is 61.8 Å². The smallest absolute Gasteiger partial charge is 0.240 e. The Morgan fingerprint density at radius 2 is 1.90 bits per heavy atom. The first kappa shape index (κ1) is 19.3. The van der Waals surface area contributed by atoms with Crippen molar-refractivity contribution in [2.75, 3.05) is 17.9 Å². The van der Waals surface area contributed by atoms with Gasteiger partial charge < -0.3 is 15.5 Å². The van der Waals surface area contributed by atoms with E-state index in [0.717, 1.165) is 34.0 Å². The number of nitrogens with one attached hydrogen (secondary N) is 2. The lowest BCUT2D eigenvalue weighted by Gasteiger charge is -2.33. The number of amides is 1. The van der Waals surface area contributed by atoms with Gasteiger partial charge in [0.05, 0.1) is 13.2 Å². The topological polar surface area (TPSA) is 81.1 Å². The van der Waals surface area contributed by atoms with Crippen LogP contribution in [0.15, 0.2) is 47.6 Å². The summed E-state index contributed by atoms with van der Waals surface area (Å²) in [6.45, 7) is 5.91. The number of nitrogens with zero attached hydrogens (tertiary/aromatic N) is 3. The highest BCUT2D eigenvalue weighted by Gasteiger charge is 2.37. The van der Waals surface area contributed by atoms with E-state index in [4.69, 9.17) is 4.74 Å². The standard InChI is InChI=1S/C21H23N5O2S/c1-12-5-10-17(13(2)11-12)22-20(27)19-18(15-6-8-16(28-4)9-7-15)25-26-14(3)23-24-21(26)29-19/h5-11,18-19,25H,1-4H3,(H,22,27)/t18-,19-/m1/s1. The minimum Gasteiger partial charge on any atom is -0.497 e. The highest BCUT2D eigenvalue weighted by Crippen LogP contribution is 2.38. The molecule has 2 aromatic carbocycles.